The second-order valence-corrected chi connectivity index (χ2v) is 6.91. The quantitative estimate of drug-likeness (QED) is 0.752. The van der Waals surface area contributed by atoms with Crippen LogP contribution in [0.2, 0.25) is 0 Å². The Bertz CT molecular complexity index is 468. The van der Waals surface area contributed by atoms with Gasteiger partial charge in [-0.1, -0.05) is 41.9 Å². The molecule has 0 aliphatic carbocycles. The molecule has 106 valence electrons. The molecule has 1 atom stereocenters. The molecule has 4 nitrogen and oxygen atoms in total. The van der Waals surface area contributed by atoms with Gasteiger partial charge in [0, 0.05) is 19.3 Å². The first-order valence-electron chi connectivity index (χ1n) is 5.75. The summed E-state index contributed by atoms with van der Waals surface area (Å²) in [5, 5.41) is 0.508. The Kier molecular flexibility index (Phi) is 6.24. The van der Waals surface area contributed by atoms with Crippen LogP contribution >= 0.6 is 19.2 Å². The average molecular weight is 304 g/mol. The molecule has 0 fully saturated rings. The lowest BCUT2D eigenvalue weighted by Gasteiger charge is -2.27. The number of benzene rings is 1. The van der Waals surface area contributed by atoms with Crippen molar-refractivity contribution in [1.82, 2.24) is 4.90 Å². The largest absolute Gasteiger partial charge is 0.351 e. The number of halogens is 1. The predicted octanol–water partition coefficient (Wildman–Crippen LogP) is 3.64. The van der Waals surface area contributed by atoms with E-state index in [1.807, 2.05) is 30.3 Å². The zero-order valence-electron chi connectivity index (χ0n) is 11.5. The third-order valence-electron chi connectivity index (χ3n) is 2.71. The first kappa shape index (κ1) is 16.4. The van der Waals surface area contributed by atoms with Crippen LogP contribution in [0, 0.1) is 0 Å². The first-order chi connectivity index (χ1) is 8.94. The van der Waals surface area contributed by atoms with Crippen molar-refractivity contribution in [3.63, 3.8) is 0 Å². The van der Waals surface area contributed by atoms with Crippen LogP contribution in [0.25, 0.3) is 5.03 Å². The first-order valence-corrected chi connectivity index (χ1v) is 7.74. The molecule has 0 aromatic heterocycles. The minimum Gasteiger partial charge on any atom is -0.311 e. The second kappa shape index (κ2) is 7.22. The van der Waals surface area contributed by atoms with Crippen molar-refractivity contribution in [3.05, 3.63) is 42.0 Å². The molecule has 1 rings (SSSR count). The molecular formula is C13H19ClNO3P. The van der Waals surface area contributed by atoms with E-state index in [-0.39, 0.29) is 0 Å². The molecule has 0 spiro atoms. The van der Waals surface area contributed by atoms with E-state index in [1.165, 1.54) is 14.2 Å². The molecular weight excluding hydrogens is 285 g/mol. The number of hydrogen-bond donors (Lipinski definition) is 0. The van der Waals surface area contributed by atoms with Crippen LogP contribution in [-0.2, 0) is 13.6 Å². The van der Waals surface area contributed by atoms with Gasteiger partial charge < -0.3 is 9.05 Å². The molecule has 1 aromatic carbocycles. The molecule has 0 saturated heterocycles. The maximum Gasteiger partial charge on any atom is 0.351 e. The maximum atomic E-state index is 12.5. The zero-order chi connectivity index (χ0) is 14.5. The van der Waals surface area contributed by atoms with Crippen LogP contribution in [0.3, 0.4) is 0 Å². The fourth-order valence-electron chi connectivity index (χ4n) is 1.64. The lowest BCUT2D eigenvalue weighted by atomic mass is 10.2. The highest BCUT2D eigenvalue weighted by Gasteiger charge is 2.34. The van der Waals surface area contributed by atoms with Crippen LogP contribution in [0.5, 0.6) is 0 Å². The van der Waals surface area contributed by atoms with Gasteiger partial charge >= 0.3 is 7.60 Å². The lowest BCUT2D eigenvalue weighted by Crippen LogP contribution is -2.27. The number of likely N-dealkylation sites (N-methyl/N-ethyl adjacent to an activating group) is 1. The van der Waals surface area contributed by atoms with Crippen LogP contribution in [0.1, 0.15) is 5.56 Å². The Labute approximate surface area is 119 Å². The second-order valence-electron chi connectivity index (χ2n) is 4.16. The zero-order valence-corrected chi connectivity index (χ0v) is 13.2. The summed E-state index contributed by atoms with van der Waals surface area (Å²) >= 11 is 6.27. The lowest BCUT2D eigenvalue weighted by molar-refractivity contribution is 0.242. The van der Waals surface area contributed by atoms with E-state index in [0.29, 0.717) is 5.03 Å². The Morgan fingerprint density at radius 3 is 2.21 bits per heavy atom. The van der Waals surface area contributed by atoms with E-state index in [4.69, 9.17) is 20.6 Å². The van der Waals surface area contributed by atoms with E-state index in [1.54, 1.807) is 25.1 Å². The van der Waals surface area contributed by atoms with Gasteiger partial charge in [-0.3, -0.25) is 9.46 Å². The van der Waals surface area contributed by atoms with Gasteiger partial charge in [-0.25, -0.2) is 0 Å². The topological polar surface area (TPSA) is 38.8 Å². The monoisotopic (exact) mass is 303 g/mol. The fraction of sp³-hybridized carbons (Fsp3) is 0.385. The number of hydrogen-bond acceptors (Lipinski definition) is 4. The van der Waals surface area contributed by atoms with E-state index < -0.39 is 13.4 Å². The summed E-state index contributed by atoms with van der Waals surface area (Å²) in [7, 11) is 3.06. The molecule has 0 N–H and O–H groups in total. The Hall–Kier alpha value is -0.640. The minimum absolute atomic E-state index is 0.508. The van der Waals surface area contributed by atoms with Crippen molar-refractivity contribution in [2.75, 3.05) is 28.3 Å². The molecule has 19 heavy (non-hydrogen) atoms. The molecule has 0 aliphatic rings. The Morgan fingerprint density at radius 2 is 1.79 bits per heavy atom. The van der Waals surface area contributed by atoms with Gasteiger partial charge in [-0.05, 0) is 25.7 Å². The normalized spacial score (nSPS) is 14.7. The molecule has 6 heteroatoms. The van der Waals surface area contributed by atoms with Gasteiger partial charge in [-0.15, -0.1) is 0 Å². The van der Waals surface area contributed by atoms with Crippen molar-refractivity contribution >= 4 is 24.2 Å². The van der Waals surface area contributed by atoms with Crippen LogP contribution in [0.4, 0.5) is 0 Å². The predicted molar refractivity (Wildman–Crippen MR) is 79.4 cm³/mol. The van der Waals surface area contributed by atoms with Crippen molar-refractivity contribution in [2.24, 2.45) is 0 Å². The third kappa shape index (κ3) is 4.16. The summed E-state index contributed by atoms with van der Waals surface area (Å²) < 4.78 is 22.5. The summed E-state index contributed by atoms with van der Waals surface area (Å²) in [5.41, 5.74) is 0.856. The van der Waals surface area contributed by atoms with E-state index in [2.05, 4.69) is 0 Å². The minimum atomic E-state index is -3.26. The molecule has 0 heterocycles. The molecule has 1 aromatic rings. The molecule has 0 saturated carbocycles. The highest BCUT2D eigenvalue weighted by atomic mass is 35.5. The standard InChI is InChI=1S/C13H19ClNO3P/c1-15(2)13(19(16,17-3)18-4)10-12(14)11-8-6-5-7-9-11/h5-10,13H,1-4H3/b12-10-/t13-/m0/s1. The Balaban J connectivity index is 3.12. The van der Waals surface area contributed by atoms with Crippen molar-refractivity contribution < 1.29 is 13.6 Å². The summed E-state index contributed by atoms with van der Waals surface area (Å²) in [6, 6.07) is 9.46. The van der Waals surface area contributed by atoms with Gasteiger partial charge in [0.2, 0.25) is 0 Å². The summed E-state index contributed by atoms with van der Waals surface area (Å²) in [6.07, 6.45) is 1.69. The summed E-state index contributed by atoms with van der Waals surface area (Å²) in [6.45, 7) is 0. The van der Waals surface area contributed by atoms with Crippen LogP contribution < -0.4 is 0 Å². The van der Waals surface area contributed by atoms with E-state index in [0.717, 1.165) is 5.56 Å². The summed E-state index contributed by atoms with van der Waals surface area (Å²) in [4.78, 5) is 1.75. The Morgan fingerprint density at radius 1 is 1.26 bits per heavy atom. The average Bonchev–Trinajstić information content (AvgIpc) is 2.44. The molecule has 0 aliphatic heterocycles. The van der Waals surface area contributed by atoms with E-state index in [9.17, 15) is 4.57 Å². The van der Waals surface area contributed by atoms with Crippen molar-refractivity contribution in [3.8, 4) is 0 Å². The third-order valence-corrected chi connectivity index (χ3v) is 5.33. The number of nitrogens with zero attached hydrogens (tertiary/aromatic N) is 1. The highest BCUT2D eigenvalue weighted by molar-refractivity contribution is 7.54. The van der Waals surface area contributed by atoms with Crippen molar-refractivity contribution in [1.29, 1.82) is 0 Å². The smallest absolute Gasteiger partial charge is 0.311 e. The molecule has 0 amide bonds. The van der Waals surface area contributed by atoms with Gasteiger partial charge in [0.15, 0.2) is 0 Å². The van der Waals surface area contributed by atoms with Gasteiger partial charge in [0.1, 0.15) is 5.78 Å². The SMILES string of the molecule is COP(=O)(OC)[C@@H](/C=C(\Cl)c1ccccc1)N(C)C. The van der Waals surface area contributed by atoms with Gasteiger partial charge in [-0.2, -0.15) is 0 Å². The molecule has 0 bridgehead atoms. The van der Waals surface area contributed by atoms with Gasteiger partial charge in [0.25, 0.3) is 0 Å². The van der Waals surface area contributed by atoms with Crippen LogP contribution in [-0.4, -0.2) is 39.0 Å². The molecule has 0 unspecified atom stereocenters. The molecule has 0 radical (unpaired) electrons. The van der Waals surface area contributed by atoms with Gasteiger partial charge in [0.05, 0.1) is 0 Å². The highest BCUT2D eigenvalue weighted by Crippen LogP contribution is 2.53. The van der Waals surface area contributed by atoms with Crippen LogP contribution in [0.15, 0.2) is 36.4 Å². The van der Waals surface area contributed by atoms with E-state index >= 15 is 0 Å². The number of rotatable bonds is 6. The fourth-order valence-corrected chi connectivity index (χ4v) is 3.45. The summed E-state index contributed by atoms with van der Waals surface area (Å²) in [5.74, 6) is -0.546. The maximum absolute atomic E-state index is 12.5. The van der Waals surface area contributed by atoms with Crippen molar-refractivity contribution in [2.45, 2.75) is 5.78 Å².